The number of ether oxygens (including phenoxy) is 1. The van der Waals surface area contributed by atoms with Gasteiger partial charge in [0.2, 0.25) is 0 Å². The smallest absolute Gasteiger partial charge is 0.156 e. The highest BCUT2D eigenvalue weighted by Gasteiger charge is 2.22. The van der Waals surface area contributed by atoms with Crippen molar-refractivity contribution in [1.82, 2.24) is 29.6 Å². The molecule has 0 radical (unpaired) electrons. The SMILES string of the molecule is CCN1CCC(n2cc(-c3c[nH]c4ncc(-c5cc(C)c(N6CCOCC6)c(F)c5)nc34)cn2)CC1. The molecular weight excluding hydrogens is 457 g/mol. The molecule has 4 aromatic rings. The number of aryl methyl sites for hydroxylation is 1. The second-order valence-corrected chi connectivity index (χ2v) is 9.75. The maximum Gasteiger partial charge on any atom is 0.156 e. The van der Waals surface area contributed by atoms with Crippen LogP contribution in [0.3, 0.4) is 0 Å². The van der Waals surface area contributed by atoms with E-state index in [9.17, 15) is 0 Å². The molecule has 2 fully saturated rings. The minimum atomic E-state index is -0.238. The Kier molecular flexibility index (Phi) is 6.18. The van der Waals surface area contributed by atoms with Crippen LogP contribution >= 0.6 is 0 Å². The molecule has 0 unspecified atom stereocenters. The van der Waals surface area contributed by atoms with Gasteiger partial charge in [-0.05, 0) is 44.0 Å². The minimum absolute atomic E-state index is 0.238. The molecule has 0 bridgehead atoms. The molecule has 0 amide bonds. The molecule has 2 aliphatic heterocycles. The van der Waals surface area contributed by atoms with Crippen molar-refractivity contribution in [2.75, 3.05) is 50.8 Å². The summed E-state index contributed by atoms with van der Waals surface area (Å²) in [5, 5.41) is 4.68. The lowest BCUT2D eigenvalue weighted by molar-refractivity contribution is 0.122. The Balaban J connectivity index is 1.30. The van der Waals surface area contributed by atoms with Crippen molar-refractivity contribution in [1.29, 1.82) is 0 Å². The summed E-state index contributed by atoms with van der Waals surface area (Å²) in [5.41, 5.74) is 6.35. The number of morpholine rings is 1. The van der Waals surface area contributed by atoms with Crippen LogP contribution < -0.4 is 4.90 Å². The lowest BCUT2D eigenvalue weighted by atomic mass is 10.0. The van der Waals surface area contributed by atoms with E-state index in [0.717, 1.165) is 60.2 Å². The van der Waals surface area contributed by atoms with Gasteiger partial charge < -0.3 is 19.5 Å². The topological polar surface area (TPSA) is 75.1 Å². The van der Waals surface area contributed by atoms with Crippen molar-refractivity contribution >= 4 is 16.9 Å². The second kappa shape index (κ2) is 9.63. The highest BCUT2D eigenvalue weighted by atomic mass is 19.1. The number of piperidine rings is 1. The number of nitrogens with one attached hydrogen (secondary N) is 1. The third kappa shape index (κ3) is 4.26. The van der Waals surface area contributed by atoms with Crippen LogP contribution in [-0.4, -0.2) is 75.6 Å². The van der Waals surface area contributed by atoms with Crippen LogP contribution in [0.4, 0.5) is 10.1 Å². The molecule has 36 heavy (non-hydrogen) atoms. The highest BCUT2D eigenvalue weighted by Crippen LogP contribution is 2.33. The number of nitrogens with zero attached hydrogens (tertiary/aromatic N) is 6. The van der Waals surface area contributed by atoms with Gasteiger partial charge in [-0.3, -0.25) is 4.68 Å². The van der Waals surface area contributed by atoms with Gasteiger partial charge >= 0.3 is 0 Å². The van der Waals surface area contributed by atoms with Crippen LogP contribution in [0.5, 0.6) is 0 Å². The summed E-state index contributed by atoms with van der Waals surface area (Å²) in [6.45, 7) is 10.1. The second-order valence-electron chi connectivity index (χ2n) is 9.75. The van der Waals surface area contributed by atoms with E-state index in [0.29, 0.717) is 49.4 Å². The van der Waals surface area contributed by atoms with Crippen molar-refractivity contribution < 1.29 is 9.13 Å². The Morgan fingerprint density at radius 1 is 1.08 bits per heavy atom. The van der Waals surface area contributed by atoms with Gasteiger partial charge in [0.15, 0.2) is 5.65 Å². The average Bonchev–Trinajstić information content (AvgIpc) is 3.56. The van der Waals surface area contributed by atoms with E-state index < -0.39 is 0 Å². The number of aromatic amines is 1. The van der Waals surface area contributed by atoms with Crippen molar-refractivity contribution in [3.63, 3.8) is 0 Å². The zero-order valence-corrected chi connectivity index (χ0v) is 20.9. The zero-order chi connectivity index (χ0) is 24.6. The van der Waals surface area contributed by atoms with Gasteiger partial charge in [0.25, 0.3) is 0 Å². The molecule has 0 spiro atoms. The molecule has 0 atom stereocenters. The lowest BCUT2D eigenvalue weighted by Gasteiger charge is -2.31. The van der Waals surface area contributed by atoms with Crippen LogP contribution in [0.25, 0.3) is 33.5 Å². The summed E-state index contributed by atoms with van der Waals surface area (Å²) >= 11 is 0. The Morgan fingerprint density at radius 2 is 1.89 bits per heavy atom. The number of hydrogen-bond acceptors (Lipinski definition) is 6. The number of H-pyrrole nitrogens is 1. The molecule has 6 rings (SSSR count). The third-order valence-electron chi connectivity index (χ3n) is 7.55. The first-order valence-corrected chi connectivity index (χ1v) is 12.8. The molecule has 0 aliphatic carbocycles. The summed E-state index contributed by atoms with van der Waals surface area (Å²) in [6, 6.07) is 3.99. The molecule has 1 N–H and O–H groups in total. The van der Waals surface area contributed by atoms with Crippen LogP contribution in [0, 0.1) is 12.7 Å². The average molecular weight is 490 g/mol. The number of anilines is 1. The van der Waals surface area contributed by atoms with Crippen LogP contribution in [0.15, 0.2) is 36.9 Å². The molecule has 8 nitrogen and oxygen atoms in total. The third-order valence-corrected chi connectivity index (χ3v) is 7.55. The molecule has 3 aromatic heterocycles. The lowest BCUT2D eigenvalue weighted by Crippen LogP contribution is -2.37. The predicted molar refractivity (Wildman–Crippen MR) is 139 cm³/mol. The first-order valence-electron chi connectivity index (χ1n) is 12.8. The number of fused-ring (bicyclic) bond motifs is 1. The van der Waals surface area contributed by atoms with E-state index in [1.807, 2.05) is 25.4 Å². The van der Waals surface area contributed by atoms with E-state index in [-0.39, 0.29) is 5.82 Å². The van der Waals surface area contributed by atoms with Gasteiger partial charge in [0.05, 0.1) is 43.0 Å². The maximum atomic E-state index is 15.3. The van der Waals surface area contributed by atoms with Gasteiger partial charge in [-0.25, -0.2) is 14.4 Å². The summed E-state index contributed by atoms with van der Waals surface area (Å²) in [7, 11) is 0. The molecule has 0 saturated carbocycles. The van der Waals surface area contributed by atoms with Crippen LogP contribution in [-0.2, 0) is 4.74 Å². The Labute approximate surface area is 210 Å². The Bertz CT molecular complexity index is 1340. The fourth-order valence-electron chi connectivity index (χ4n) is 5.50. The number of hydrogen-bond donors (Lipinski definition) is 1. The largest absolute Gasteiger partial charge is 0.378 e. The minimum Gasteiger partial charge on any atom is -0.378 e. The highest BCUT2D eigenvalue weighted by molar-refractivity contribution is 5.91. The standard InChI is InChI=1S/C27H32FN7O/c1-3-33-6-4-21(5-7-33)35-17-20(14-31-35)22-15-29-27-25(22)32-24(16-30-27)19-12-18(2)26(23(28)13-19)34-8-10-36-11-9-34/h12-17,21H,3-11H2,1-2H3,(H,29,30). The summed E-state index contributed by atoms with van der Waals surface area (Å²) in [6.07, 6.45) is 9.88. The molecule has 188 valence electrons. The molecule has 2 saturated heterocycles. The molecule has 9 heteroatoms. The van der Waals surface area contributed by atoms with Crippen molar-refractivity contribution in [3.8, 4) is 22.4 Å². The predicted octanol–water partition coefficient (Wildman–Crippen LogP) is 4.43. The van der Waals surface area contributed by atoms with Crippen molar-refractivity contribution in [3.05, 3.63) is 48.3 Å². The van der Waals surface area contributed by atoms with Gasteiger partial charge in [0.1, 0.15) is 11.3 Å². The summed E-state index contributed by atoms with van der Waals surface area (Å²) in [4.78, 5) is 17.3. The van der Waals surface area contributed by atoms with E-state index in [2.05, 4.69) is 42.7 Å². The van der Waals surface area contributed by atoms with Gasteiger partial charge in [-0.1, -0.05) is 6.92 Å². The fraction of sp³-hybridized carbons (Fsp3) is 0.444. The molecule has 1 aromatic carbocycles. The monoisotopic (exact) mass is 489 g/mol. The first kappa shape index (κ1) is 23.1. The molecule has 5 heterocycles. The first-order chi connectivity index (χ1) is 17.6. The van der Waals surface area contributed by atoms with E-state index >= 15 is 4.39 Å². The van der Waals surface area contributed by atoms with Crippen LogP contribution in [0.2, 0.25) is 0 Å². The number of halogens is 1. The maximum absolute atomic E-state index is 15.3. The number of aromatic nitrogens is 5. The Morgan fingerprint density at radius 3 is 2.64 bits per heavy atom. The van der Waals surface area contributed by atoms with Crippen LogP contribution in [0.1, 0.15) is 31.4 Å². The zero-order valence-electron chi connectivity index (χ0n) is 20.9. The fourth-order valence-corrected chi connectivity index (χ4v) is 5.50. The quantitative estimate of drug-likeness (QED) is 0.447. The molecule has 2 aliphatic rings. The van der Waals surface area contributed by atoms with Gasteiger partial charge in [-0.2, -0.15) is 5.10 Å². The van der Waals surface area contributed by atoms with Gasteiger partial charge in [-0.15, -0.1) is 0 Å². The Hall–Kier alpha value is -3.30. The number of likely N-dealkylation sites (tertiary alicyclic amines) is 1. The van der Waals surface area contributed by atoms with Crippen molar-refractivity contribution in [2.45, 2.75) is 32.7 Å². The van der Waals surface area contributed by atoms with Gasteiger partial charge in [0, 0.05) is 55.3 Å². The molecular formula is C27H32FN7O. The number of rotatable bonds is 5. The van der Waals surface area contributed by atoms with Crippen molar-refractivity contribution in [2.24, 2.45) is 0 Å². The van der Waals surface area contributed by atoms with E-state index in [1.54, 1.807) is 12.3 Å². The summed E-state index contributed by atoms with van der Waals surface area (Å²) < 4.78 is 22.8. The van der Waals surface area contributed by atoms with E-state index in [4.69, 9.17) is 9.72 Å². The van der Waals surface area contributed by atoms with E-state index in [1.165, 1.54) is 0 Å². The number of benzene rings is 1. The normalized spacial score (nSPS) is 17.8. The summed E-state index contributed by atoms with van der Waals surface area (Å²) in [5.74, 6) is -0.238.